The van der Waals surface area contributed by atoms with Crippen LogP contribution >= 0.6 is 11.6 Å². The van der Waals surface area contributed by atoms with Gasteiger partial charge in [-0.2, -0.15) is 5.26 Å². The summed E-state index contributed by atoms with van der Waals surface area (Å²) < 4.78 is 0. The lowest BCUT2D eigenvalue weighted by Gasteiger charge is -2.06. The Morgan fingerprint density at radius 2 is 2.22 bits per heavy atom. The lowest BCUT2D eigenvalue weighted by molar-refractivity contribution is -0.112. The van der Waals surface area contributed by atoms with Gasteiger partial charge in [0.15, 0.2) is 0 Å². The van der Waals surface area contributed by atoms with Crippen molar-refractivity contribution in [1.82, 2.24) is 5.32 Å². The number of carbonyl (C=O) groups excluding carboxylic acids is 1. The van der Waals surface area contributed by atoms with Crippen LogP contribution in [0.15, 0.2) is 36.0 Å². The second-order valence-electron chi connectivity index (χ2n) is 3.28. The highest BCUT2D eigenvalue weighted by atomic mass is 35.5. The topological polar surface area (TPSA) is 85.2 Å². The van der Waals surface area contributed by atoms with Gasteiger partial charge < -0.3 is 15.7 Å². The Morgan fingerprint density at radius 3 is 2.83 bits per heavy atom. The molecule has 0 saturated carbocycles. The van der Waals surface area contributed by atoms with Gasteiger partial charge in [-0.15, -0.1) is 0 Å². The fourth-order valence-electron chi connectivity index (χ4n) is 1.14. The number of rotatable bonds is 5. The zero-order valence-corrected chi connectivity index (χ0v) is 10.2. The highest BCUT2D eigenvalue weighted by molar-refractivity contribution is 6.33. The molecule has 0 bridgehead atoms. The van der Waals surface area contributed by atoms with Crippen molar-refractivity contribution >= 4 is 23.2 Å². The number of halogens is 1. The summed E-state index contributed by atoms with van der Waals surface area (Å²) in [6, 6.07) is 8.49. The molecular formula is C12H12ClN3O2. The Balaban J connectivity index is 2.72. The number of nitrogens with zero attached hydrogens (tertiary/aromatic N) is 1. The van der Waals surface area contributed by atoms with Crippen molar-refractivity contribution in [3.8, 4) is 6.07 Å². The van der Waals surface area contributed by atoms with E-state index in [-0.39, 0.29) is 18.7 Å². The Morgan fingerprint density at radius 1 is 1.50 bits per heavy atom. The smallest absolute Gasteiger partial charge is 0.267 e. The number of anilines is 1. The summed E-state index contributed by atoms with van der Waals surface area (Å²) in [5, 5.41) is 23.0. The first-order chi connectivity index (χ1) is 8.69. The molecule has 1 rings (SSSR count). The minimum atomic E-state index is -0.559. The molecule has 1 aromatic rings. The predicted octanol–water partition coefficient (Wildman–Crippen LogP) is 1.27. The molecule has 0 saturated heterocycles. The fourth-order valence-corrected chi connectivity index (χ4v) is 1.32. The minimum Gasteiger partial charge on any atom is -0.395 e. The van der Waals surface area contributed by atoms with Crippen LogP contribution in [0, 0.1) is 11.3 Å². The first kappa shape index (κ1) is 14.0. The maximum atomic E-state index is 11.7. The van der Waals surface area contributed by atoms with Crippen molar-refractivity contribution in [2.45, 2.75) is 0 Å². The first-order valence-electron chi connectivity index (χ1n) is 5.19. The average Bonchev–Trinajstić information content (AvgIpc) is 2.37. The monoisotopic (exact) mass is 265 g/mol. The number of aliphatic hydroxyl groups is 1. The molecule has 1 amide bonds. The summed E-state index contributed by atoms with van der Waals surface area (Å²) in [7, 11) is 0. The van der Waals surface area contributed by atoms with E-state index in [9.17, 15) is 4.79 Å². The van der Waals surface area contributed by atoms with Crippen molar-refractivity contribution in [2.24, 2.45) is 0 Å². The highest BCUT2D eigenvalue weighted by Crippen LogP contribution is 2.20. The molecule has 0 atom stereocenters. The summed E-state index contributed by atoms with van der Waals surface area (Å²) in [6.45, 7) is 0.186. The minimum absolute atomic E-state index is 0.0820. The van der Waals surface area contributed by atoms with Gasteiger partial charge in [0, 0.05) is 12.7 Å². The molecular weight excluding hydrogens is 254 g/mol. The maximum Gasteiger partial charge on any atom is 0.267 e. The number of benzene rings is 1. The zero-order valence-electron chi connectivity index (χ0n) is 9.48. The Hall–Kier alpha value is -2.03. The van der Waals surface area contributed by atoms with Gasteiger partial charge in [-0.3, -0.25) is 4.79 Å². The van der Waals surface area contributed by atoms with E-state index in [0.717, 1.165) is 0 Å². The van der Waals surface area contributed by atoms with Crippen molar-refractivity contribution < 1.29 is 9.90 Å². The highest BCUT2D eigenvalue weighted by Gasteiger charge is 2.10. The number of aliphatic hydroxyl groups excluding tert-OH is 1. The van der Waals surface area contributed by atoms with Gasteiger partial charge in [0.2, 0.25) is 0 Å². The molecule has 1 aromatic carbocycles. The van der Waals surface area contributed by atoms with Gasteiger partial charge >= 0.3 is 0 Å². The van der Waals surface area contributed by atoms with E-state index >= 15 is 0 Å². The Bertz CT molecular complexity index is 494. The normalized spacial score (nSPS) is 10.6. The molecule has 0 aliphatic rings. The van der Waals surface area contributed by atoms with Gasteiger partial charge in [0.1, 0.15) is 11.6 Å². The molecule has 94 valence electrons. The summed E-state index contributed by atoms with van der Waals surface area (Å²) in [6.07, 6.45) is 1.25. The molecule has 0 aliphatic carbocycles. The molecule has 0 heterocycles. The number of para-hydroxylation sites is 1. The molecule has 5 nitrogen and oxygen atoms in total. The molecule has 0 radical (unpaired) electrons. The molecule has 6 heteroatoms. The van der Waals surface area contributed by atoms with E-state index in [4.69, 9.17) is 22.0 Å². The number of nitriles is 1. The molecule has 0 fully saturated rings. The van der Waals surface area contributed by atoms with E-state index in [2.05, 4.69) is 10.6 Å². The van der Waals surface area contributed by atoms with Crippen LogP contribution in [0.4, 0.5) is 5.69 Å². The fraction of sp³-hybridized carbons (Fsp3) is 0.167. The second kappa shape index (κ2) is 7.33. The SMILES string of the molecule is N#C/C(=C/NCCO)C(=O)Nc1ccccc1Cl. The largest absolute Gasteiger partial charge is 0.395 e. The summed E-state index contributed by atoms with van der Waals surface area (Å²) in [5.41, 5.74) is 0.343. The molecule has 18 heavy (non-hydrogen) atoms. The number of carbonyl (C=O) groups is 1. The third-order valence-corrected chi connectivity index (χ3v) is 2.32. The van der Waals surface area contributed by atoms with Crippen LogP contribution in [0.2, 0.25) is 5.02 Å². The molecule has 0 aromatic heterocycles. The van der Waals surface area contributed by atoms with Crippen molar-refractivity contribution in [2.75, 3.05) is 18.5 Å². The van der Waals surface area contributed by atoms with Crippen LogP contribution in [-0.4, -0.2) is 24.2 Å². The number of hydrogen-bond acceptors (Lipinski definition) is 4. The second-order valence-corrected chi connectivity index (χ2v) is 3.69. The van der Waals surface area contributed by atoms with E-state index in [0.29, 0.717) is 10.7 Å². The number of nitrogens with one attached hydrogen (secondary N) is 2. The molecule has 0 unspecified atom stereocenters. The van der Waals surface area contributed by atoms with Crippen molar-refractivity contribution in [3.05, 3.63) is 41.1 Å². The van der Waals surface area contributed by atoms with Crippen LogP contribution in [0.25, 0.3) is 0 Å². The number of hydrogen-bond donors (Lipinski definition) is 3. The van der Waals surface area contributed by atoms with Crippen LogP contribution in [-0.2, 0) is 4.79 Å². The van der Waals surface area contributed by atoms with E-state index < -0.39 is 5.91 Å². The first-order valence-corrected chi connectivity index (χ1v) is 5.57. The molecule has 0 spiro atoms. The summed E-state index contributed by atoms with van der Waals surface area (Å²) in [5.74, 6) is -0.559. The van der Waals surface area contributed by atoms with E-state index in [1.807, 2.05) is 0 Å². The van der Waals surface area contributed by atoms with Crippen LogP contribution < -0.4 is 10.6 Å². The van der Waals surface area contributed by atoms with Crippen LogP contribution in [0.5, 0.6) is 0 Å². The van der Waals surface area contributed by atoms with Gasteiger partial charge in [0.25, 0.3) is 5.91 Å². The third kappa shape index (κ3) is 4.09. The van der Waals surface area contributed by atoms with E-state index in [1.54, 1.807) is 30.3 Å². The lowest BCUT2D eigenvalue weighted by atomic mass is 10.2. The quantitative estimate of drug-likeness (QED) is 0.425. The molecule has 0 aliphatic heterocycles. The molecule has 3 N–H and O–H groups in total. The maximum absolute atomic E-state index is 11.7. The Kier molecular flexibility index (Phi) is 5.71. The predicted molar refractivity (Wildman–Crippen MR) is 68.9 cm³/mol. The zero-order chi connectivity index (χ0) is 13.4. The average molecular weight is 266 g/mol. The number of amides is 1. The summed E-state index contributed by atoms with van der Waals surface area (Å²) >= 11 is 5.88. The van der Waals surface area contributed by atoms with Gasteiger partial charge in [-0.25, -0.2) is 0 Å². The van der Waals surface area contributed by atoms with Gasteiger partial charge in [0.05, 0.1) is 17.3 Å². The van der Waals surface area contributed by atoms with Gasteiger partial charge in [-0.1, -0.05) is 23.7 Å². The Labute approximate surface area is 110 Å². The third-order valence-electron chi connectivity index (χ3n) is 1.99. The standard InChI is InChI=1S/C12H12ClN3O2/c13-10-3-1-2-4-11(10)16-12(18)9(7-14)8-15-5-6-17/h1-4,8,15,17H,5-6H2,(H,16,18)/b9-8-. The van der Waals surface area contributed by atoms with Crippen LogP contribution in [0.3, 0.4) is 0 Å². The van der Waals surface area contributed by atoms with Crippen molar-refractivity contribution in [3.63, 3.8) is 0 Å². The van der Waals surface area contributed by atoms with Gasteiger partial charge in [-0.05, 0) is 12.1 Å². The van der Waals surface area contributed by atoms with E-state index in [1.165, 1.54) is 6.20 Å². The summed E-state index contributed by atoms with van der Waals surface area (Å²) in [4.78, 5) is 11.7. The van der Waals surface area contributed by atoms with Crippen LogP contribution in [0.1, 0.15) is 0 Å². The van der Waals surface area contributed by atoms with Crippen molar-refractivity contribution in [1.29, 1.82) is 5.26 Å². The lowest BCUT2D eigenvalue weighted by Crippen LogP contribution is -2.18.